The third-order valence-electron chi connectivity index (χ3n) is 4.88. The van der Waals surface area contributed by atoms with Gasteiger partial charge < -0.3 is 20.1 Å². The number of hydrogen-bond acceptors (Lipinski definition) is 6. The van der Waals surface area contributed by atoms with Gasteiger partial charge in [0.2, 0.25) is 0 Å². The number of carbonyl (C=O) groups is 1. The zero-order valence-corrected chi connectivity index (χ0v) is 16.6. The molecule has 2 N–H and O–H groups in total. The Kier molecular flexibility index (Phi) is 7.25. The van der Waals surface area contributed by atoms with E-state index in [4.69, 9.17) is 9.47 Å². The minimum absolute atomic E-state index is 0.176. The van der Waals surface area contributed by atoms with E-state index in [1.54, 1.807) is 13.3 Å². The quantitative estimate of drug-likeness (QED) is 0.640. The summed E-state index contributed by atoms with van der Waals surface area (Å²) in [5.41, 5.74) is 1.52. The molecule has 1 aromatic heterocycles. The largest absolute Gasteiger partial charge is 0.493 e. The molecule has 0 unspecified atom stereocenters. The van der Waals surface area contributed by atoms with E-state index in [0.717, 1.165) is 55.8 Å². The minimum atomic E-state index is -0.176. The lowest BCUT2D eigenvalue weighted by molar-refractivity contribution is 0.0948. The lowest BCUT2D eigenvalue weighted by atomic mass is 10.1. The SMILES string of the molecule is CCOc1cc(CCCNC(=O)c2cn(C3CCNCC3)nn2)ccc1OC. The van der Waals surface area contributed by atoms with E-state index in [2.05, 4.69) is 20.9 Å². The average molecular weight is 387 g/mol. The van der Waals surface area contributed by atoms with E-state index >= 15 is 0 Å². The maximum absolute atomic E-state index is 12.3. The molecule has 0 atom stereocenters. The van der Waals surface area contributed by atoms with Gasteiger partial charge in [-0.25, -0.2) is 4.68 Å². The molecule has 1 aliphatic heterocycles. The van der Waals surface area contributed by atoms with E-state index in [0.29, 0.717) is 24.9 Å². The van der Waals surface area contributed by atoms with E-state index in [1.165, 1.54) is 0 Å². The number of aryl methyl sites for hydroxylation is 1. The first-order valence-corrected chi connectivity index (χ1v) is 9.91. The number of rotatable bonds is 9. The van der Waals surface area contributed by atoms with Gasteiger partial charge in [0.1, 0.15) is 0 Å². The molecule has 1 fully saturated rings. The van der Waals surface area contributed by atoms with Crippen molar-refractivity contribution in [3.05, 3.63) is 35.7 Å². The molecule has 0 spiro atoms. The van der Waals surface area contributed by atoms with Crippen molar-refractivity contribution in [2.75, 3.05) is 33.4 Å². The molecule has 3 rings (SSSR count). The Morgan fingerprint density at radius 1 is 1.32 bits per heavy atom. The molecule has 1 saturated heterocycles. The van der Waals surface area contributed by atoms with Crippen molar-refractivity contribution in [3.63, 3.8) is 0 Å². The van der Waals surface area contributed by atoms with Gasteiger partial charge in [-0.05, 0) is 63.4 Å². The highest BCUT2D eigenvalue weighted by molar-refractivity contribution is 5.91. The Labute approximate surface area is 165 Å². The minimum Gasteiger partial charge on any atom is -0.493 e. The van der Waals surface area contributed by atoms with Crippen LogP contribution in [0.5, 0.6) is 11.5 Å². The summed E-state index contributed by atoms with van der Waals surface area (Å²) >= 11 is 0. The lowest BCUT2D eigenvalue weighted by Gasteiger charge is -2.22. The van der Waals surface area contributed by atoms with Crippen molar-refractivity contribution < 1.29 is 14.3 Å². The standard InChI is InChI=1S/C20H29N5O3/c1-3-28-19-13-15(6-7-18(19)27-2)5-4-10-22-20(26)17-14-25(24-23-17)16-8-11-21-12-9-16/h6-7,13-14,16,21H,3-5,8-12H2,1-2H3,(H,22,26). The van der Waals surface area contributed by atoms with Crippen LogP contribution in [-0.2, 0) is 6.42 Å². The Hall–Kier alpha value is -2.61. The van der Waals surface area contributed by atoms with Gasteiger partial charge >= 0.3 is 0 Å². The summed E-state index contributed by atoms with van der Waals surface area (Å²) in [5.74, 6) is 1.31. The van der Waals surface area contributed by atoms with Gasteiger partial charge in [-0.2, -0.15) is 0 Å². The molecular formula is C20H29N5O3. The highest BCUT2D eigenvalue weighted by atomic mass is 16.5. The second-order valence-electron chi connectivity index (χ2n) is 6.84. The molecule has 8 nitrogen and oxygen atoms in total. The van der Waals surface area contributed by atoms with Crippen LogP contribution in [0.15, 0.2) is 24.4 Å². The molecule has 152 valence electrons. The number of benzene rings is 1. The first-order chi connectivity index (χ1) is 13.7. The lowest BCUT2D eigenvalue weighted by Crippen LogP contribution is -2.29. The van der Waals surface area contributed by atoms with E-state index in [9.17, 15) is 4.79 Å². The maximum atomic E-state index is 12.3. The number of hydrogen-bond donors (Lipinski definition) is 2. The van der Waals surface area contributed by atoms with Crippen LogP contribution in [-0.4, -0.2) is 54.3 Å². The van der Waals surface area contributed by atoms with Gasteiger partial charge in [0.15, 0.2) is 17.2 Å². The zero-order valence-electron chi connectivity index (χ0n) is 16.6. The van der Waals surface area contributed by atoms with Crippen LogP contribution < -0.4 is 20.1 Å². The number of methoxy groups -OCH3 is 1. The van der Waals surface area contributed by atoms with Gasteiger partial charge in [-0.1, -0.05) is 11.3 Å². The van der Waals surface area contributed by atoms with E-state index in [1.807, 2.05) is 29.8 Å². The molecule has 0 bridgehead atoms. The van der Waals surface area contributed by atoms with Crippen LogP contribution in [0.3, 0.4) is 0 Å². The van der Waals surface area contributed by atoms with E-state index in [-0.39, 0.29) is 5.91 Å². The smallest absolute Gasteiger partial charge is 0.273 e. The summed E-state index contributed by atoms with van der Waals surface area (Å²) < 4.78 is 12.7. The highest BCUT2D eigenvalue weighted by Crippen LogP contribution is 2.28. The summed E-state index contributed by atoms with van der Waals surface area (Å²) in [7, 11) is 1.63. The predicted octanol–water partition coefficient (Wildman–Crippen LogP) is 1.97. The monoisotopic (exact) mass is 387 g/mol. The third-order valence-corrected chi connectivity index (χ3v) is 4.88. The average Bonchev–Trinajstić information content (AvgIpc) is 3.23. The Morgan fingerprint density at radius 3 is 2.89 bits per heavy atom. The van der Waals surface area contributed by atoms with Crippen molar-refractivity contribution >= 4 is 5.91 Å². The van der Waals surface area contributed by atoms with Gasteiger partial charge in [0.05, 0.1) is 26.0 Å². The van der Waals surface area contributed by atoms with Gasteiger partial charge in [0, 0.05) is 6.54 Å². The summed E-state index contributed by atoms with van der Waals surface area (Å²) in [6.45, 7) is 5.07. The Bertz CT molecular complexity index is 771. The number of carbonyl (C=O) groups excluding carboxylic acids is 1. The number of nitrogens with zero attached hydrogens (tertiary/aromatic N) is 3. The molecule has 1 aliphatic rings. The molecule has 0 saturated carbocycles. The third kappa shape index (κ3) is 5.22. The fraction of sp³-hybridized carbons (Fsp3) is 0.550. The number of ether oxygens (including phenoxy) is 2. The predicted molar refractivity (Wildman–Crippen MR) is 106 cm³/mol. The number of piperidine rings is 1. The maximum Gasteiger partial charge on any atom is 0.273 e. The second-order valence-corrected chi connectivity index (χ2v) is 6.84. The summed E-state index contributed by atoms with van der Waals surface area (Å²) in [4.78, 5) is 12.3. The first kappa shape index (κ1) is 20.1. The molecule has 0 radical (unpaired) electrons. The van der Waals surface area contributed by atoms with Crippen molar-refractivity contribution in [2.45, 2.75) is 38.6 Å². The number of aromatic nitrogens is 3. The molecule has 2 aromatic rings. The molecular weight excluding hydrogens is 358 g/mol. The topological polar surface area (TPSA) is 90.3 Å². The molecule has 1 aromatic carbocycles. The normalized spacial score (nSPS) is 14.6. The number of amides is 1. The van der Waals surface area contributed by atoms with Crippen LogP contribution in [0.4, 0.5) is 0 Å². The fourth-order valence-corrected chi connectivity index (χ4v) is 3.36. The highest BCUT2D eigenvalue weighted by Gasteiger charge is 2.18. The fourth-order valence-electron chi connectivity index (χ4n) is 3.36. The summed E-state index contributed by atoms with van der Waals surface area (Å²) in [5, 5.41) is 14.4. The van der Waals surface area contributed by atoms with Gasteiger partial charge in [-0.3, -0.25) is 4.79 Å². The van der Waals surface area contributed by atoms with Crippen molar-refractivity contribution in [2.24, 2.45) is 0 Å². The summed E-state index contributed by atoms with van der Waals surface area (Å²) in [6, 6.07) is 6.26. The second kappa shape index (κ2) is 10.1. The zero-order chi connectivity index (χ0) is 19.8. The van der Waals surface area contributed by atoms with Crippen LogP contribution in [0.1, 0.15) is 48.3 Å². The Balaban J connectivity index is 1.45. The van der Waals surface area contributed by atoms with Crippen molar-refractivity contribution in [1.29, 1.82) is 0 Å². The van der Waals surface area contributed by atoms with E-state index < -0.39 is 0 Å². The number of nitrogens with one attached hydrogen (secondary N) is 2. The molecule has 28 heavy (non-hydrogen) atoms. The van der Waals surface area contributed by atoms with Crippen LogP contribution in [0.2, 0.25) is 0 Å². The molecule has 8 heteroatoms. The van der Waals surface area contributed by atoms with Crippen LogP contribution in [0, 0.1) is 0 Å². The van der Waals surface area contributed by atoms with Gasteiger partial charge in [0.25, 0.3) is 5.91 Å². The first-order valence-electron chi connectivity index (χ1n) is 9.91. The van der Waals surface area contributed by atoms with Gasteiger partial charge in [-0.15, -0.1) is 5.10 Å². The molecule has 0 aliphatic carbocycles. The van der Waals surface area contributed by atoms with Crippen molar-refractivity contribution in [1.82, 2.24) is 25.6 Å². The van der Waals surface area contributed by atoms with Crippen LogP contribution in [0.25, 0.3) is 0 Å². The summed E-state index contributed by atoms with van der Waals surface area (Å²) in [6.07, 6.45) is 5.44. The molecule has 2 heterocycles. The molecule has 1 amide bonds. The Morgan fingerprint density at radius 2 is 2.14 bits per heavy atom. The van der Waals surface area contributed by atoms with Crippen molar-refractivity contribution in [3.8, 4) is 11.5 Å². The van der Waals surface area contributed by atoms with Crippen LogP contribution >= 0.6 is 0 Å².